The largest absolute Gasteiger partial charge is 0.480 e. The number of hydrogen-bond donors (Lipinski definition) is 2. The SMILES string of the molecule is COC(=O)C(NC(C)(C(=O)O)C1CC1)C(C)C. The van der Waals surface area contributed by atoms with Crippen molar-refractivity contribution in [1.82, 2.24) is 5.32 Å². The van der Waals surface area contributed by atoms with Gasteiger partial charge in [-0.2, -0.15) is 0 Å². The van der Waals surface area contributed by atoms with Crippen LogP contribution in [0.15, 0.2) is 0 Å². The van der Waals surface area contributed by atoms with Gasteiger partial charge in [-0.3, -0.25) is 14.9 Å². The van der Waals surface area contributed by atoms with Crippen molar-refractivity contribution in [2.45, 2.75) is 45.2 Å². The molecule has 5 heteroatoms. The highest BCUT2D eigenvalue weighted by Crippen LogP contribution is 2.40. The van der Waals surface area contributed by atoms with E-state index < -0.39 is 23.5 Å². The summed E-state index contributed by atoms with van der Waals surface area (Å²) in [6.07, 6.45) is 1.78. The molecule has 98 valence electrons. The van der Waals surface area contributed by atoms with Gasteiger partial charge in [-0.15, -0.1) is 0 Å². The third-order valence-electron chi connectivity index (χ3n) is 3.42. The predicted octanol–water partition coefficient (Wildman–Crippen LogP) is 1.03. The molecule has 1 rings (SSSR count). The molecule has 0 heterocycles. The van der Waals surface area contributed by atoms with Crippen LogP contribution in [0.1, 0.15) is 33.6 Å². The fourth-order valence-corrected chi connectivity index (χ4v) is 1.96. The van der Waals surface area contributed by atoms with Gasteiger partial charge in [0.2, 0.25) is 0 Å². The lowest BCUT2D eigenvalue weighted by Gasteiger charge is -2.32. The fourth-order valence-electron chi connectivity index (χ4n) is 1.96. The van der Waals surface area contributed by atoms with Gasteiger partial charge >= 0.3 is 11.9 Å². The smallest absolute Gasteiger partial charge is 0.323 e. The Bertz CT molecular complexity index is 312. The number of hydrogen-bond acceptors (Lipinski definition) is 4. The van der Waals surface area contributed by atoms with Crippen molar-refractivity contribution in [3.63, 3.8) is 0 Å². The molecule has 0 saturated heterocycles. The van der Waals surface area contributed by atoms with Gasteiger partial charge in [0.15, 0.2) is 0 Å². The van der Waals surface area contributed by atoms with E-state index in [4.69, 9.17) is 4.74 Å². The van der Waals surface area contributed by atoms with Crippen molar-refractivity contribution in [2.24, 2.45) is 11.8 Å². The molecule has 1 aliphatic carbocycles. The van der Waals surface area contributed by atoms with Gasteiger partial charge in [0.25, 0.3) is 0 Å². The lowest BCUT2D eigenvalue weighted by atomic mass is 9.92. The number of aliphatic carboxylic acids is 1. The van der Waals surface area contributed by atoms with Crippen molar-refractivity contribution in [1.29, 1.82) is 0 Å². The zero-order valence-corrected chi connectivity index (χ0v) is 10.8. The molecular formula is C12H21NO4. The summed E-state index contributed by atoms with van der Waals surface area (Å²) in [6, 6.07) is -0.582. The Balaban J connectivity index is 2.83. The summed E-state index contributed by atoms with van der Waals surface area (Å²) in [5, 5.41) is 12.3. The van der Waals surface area contributed by atoms with Crippen molar-refractivity contribution >= 4 is 11.9 Å². The van der Waals surface area contributed by atoms with Gasteiger partial charge in [0.1, 0.15) is 11.6 Å². The summed E-state index contributed by atoms with van der Waals surface area (Å²) in [5.41, 5.74) is -1.04. The Morgan fingerprint density at radius 2 is 1.94 bits per heavy atom. The molecule has 2 unspecified atom stereocenters. The number of methoxy groups -OCH3 is 1. The Kier molecular flexibility index (Phi) is 4.14. The summed E-state index contributed by atoms with van der Waals surface area (Å²) >= 11 is 0. The third-order valence-corrected chi connectivity index (χ3v) is 3.42. The highest BCUT2D eigenvalue weighted by molar-refractivity contribution is 5.82. The van der Waals surface area contributed by atoms with Crippen LogP contribution in [-0.2, 0) is 14.3 Å². The number of carboxylic acid groups (broad SMARTS) is 1. The average Bonchev–Trinajstić information content (AvgIpc) is 3.07. The van der Waals surface area contributed by atoms with E-state index >= 15 is 0 Å². The molecule has 1 aliphatic rings. The normalized spacial score (nSPS) is 20.8. The van der Waals surface area contributed by atoms with E-state index in [1.54, 1.807) is 6.92 Å². The van der Waals surface area contributed by atoms with E-state index in [0.29, 0.717) is 0 Å². The summed E-state index contributed by atoms with van der Waals surface area (Å²) in [5.74, 6) is -1.23. The van der Waals surface area contributed by atoms with E-state index in [2.05, 4.69) is 5.32 Å². The maximum Gasteiger partial charge on any atom is 0.323 e. The number of carboxylic acids is 1. The van der Waals surface area contributed by atoms with Gasteiger partial charge < -0.3 is 9.84 Å². The van der Waals surface area contributed by atoms with Crippen molar-refractivity contribution in [3.05, 3.63) is 0 Å². The van der Waals surface area contributed by atoms with Crippen LogP contribution in [-0.4, -0.2) is 35.7 Å². The van der Waals surface area contributed by atoms with Crippen LogP contribution in [0.4, 0.5) is 0 Å². The van der Waals surface area contributed by atoms with Crippen LogP contribution in [0.25, 0.3) is 0 Å². The van der Waals surface area contributed by atoms with E-state index in [1.165, 1.54) is 7.11 Å². The van der Waals surface area contributed by atoms with Gasteiger partial charge in [-0.1, -0.05) is 13.8 Å². The molecule has 0 bridgehead atoms. The second kappa shape index (κ2) is 5.04. The zero-order valence-electron chi connectivity index (χ0n) is 10.8. The number of ether oxygens (including phenoxy) is 1. The van der Waals surface area contributed by atoms with Crippen LogP contribution in [0.3, 0.4) is 0 Å². The molecule has 0 radical (unpaired) electrons. The van der Waals surface area contributed by atoms with Gasteiger partial charge in [-0.05, 0) is 31.6 Å². The molecule has 0 aromatic heterocycles. The molecule has 5 nitrogen and oxygen atoms in total. The van der Waals surface area contributed by atoms with Crippen molar-refractivity contribution < 1.29 is 19.4 Å². The van der Waals surface area contributed by atoms with Crippen LogP contribution in [0, 0.1) is 11.8 Å². The first-order chi connectivity index (χ1) is 7.82. The summed E-state index contributed by atoms with van der Waals surface area (Å²) < 4.78 is 4.71. The van der Waals surface area contributed by atoms with Crippen molar-refractivity contribution in [2.75, 3.05) is 7.11 Å². The molecule has 0 aromatic rings. The van der Waals surface area contributed by atoms with E-state index in [-0.39, 0.29) is 11.8 Å². The van der Waals surface area contributed by atoms with Crippen LogP contribution < -0.4 is 5.32 Å². The first-order valence-electron chi connectivity index (χ1n) is 5.91. The second-order valence-electron chi connectivity index (χ2n) is 5.17. The topological polar surface area (TPSA) is 75.6 Å². The molecule has 0 spiro atoms. The lowest BCUT2D eigenvalue weighted by molar-refractivity contribution is -0.149. The number of esters is 1. The van der Waals surface area contributed by atoms with Gasteiger partial charge in [0, 0.05) is 0 Å². The van der Waals surface area contributed by atoms with E-state index in [9.17, 15) is 14.7 Å². The number of carbonyl (C=O) groups excluding carboxylic acids is 1. The van der Waals surface area contributed by atoms with Crippen molar-refractivity contribution in [3.8, 4) is 0 Å². The third kappa shape index (κ3) is 2.97. The van der Waals surface area contributed by atoms with Crippen LogP contribution >= 0.6 is 0 Å². The highest BCUT2D eigenvalue weighted by Gasteiger charge is 2.49. The van der Waals surface area contributed by atoms with E-state index in [0.717, 1.165) is 12.8 Å². The Morgan fingerprint density at radius 1 is 1.41 bits per heavy atom. The fraction of sp³-hybridized carbons (Fsp3) is 0.833. The minimum Gasteiger partial charge on any atom is -0.480 e. The summed E-state index contributed by atoms with van der Waals surface area (Å²) in [6.45, 7) is 5.37. The maximum atomic E-state index is 11.6. The molecule has 0 aliphatic heterocycles. The Labute approximate surface area is 102 Å². The molecule has 0 aromatic carbocycles. The van der Waals surface area contributed by atoms with E-state index in [1.807, 2.05) is 13.8 Å². The molecule has 1 saturated carbocycles. The molecule has 0 amide bonds. The molecule has 17 heavy (non-hydrogen) atoms. The minimum atomic E-state index is -1.04. The summed E-state index contributed by atoms with van der Waals surface area (Å²) in [4.78, 5) is 23.0. The van der Waals surface area contributed by atoms with Gasteiger partial charge in [-0.25, -0.2) is 0 Å². The maximum absolute atomic E-state index is 11.6. The monoisotopic (exact) mass is 243 g/mol. The number of rotatable bonds is 6. The molecular weight excluding hydrogens is 222 g/mol. The highest BCUT2D eigenvalue weighted by atomic mass is 16.5. The minimum absolute atomic E-state index is 0.0140. The average molecular weight is 243 g/mol. The quantitative estimate of drug-likeness (QED) is 0.681. The standard InChI is InChI=1S/C12H21NO4/c1-7(2)9(10(14)17-4)13-12(3,11(15)16)8-5-6-8/h7-9,13H,5-6H2,1-4H3,(H,15,16). The van der Waals surface area contributed by atoms with Gasteiger partial charge in [0.05, 0.1) is 7.11 Å². The Morgan fingerprint density at radius 3 is 2.24 bits per heavy atom. The molecule has 1 fully saturated rings. The zero-order chi connectivity index (χ0) is 13.2. The summed E-state index contributed by atoms with van der Waals surface area (Å²) in [7, 11) is 1.31. The second-order valence-corrected chi connectivity index (χ2v) is 5.17. The predicted molar refractivity (Wildman–Crippen MR) is 62.5 cm³/mol. The first kappa shape index (κ1) is 14.0. The molecule has 2 N–H and O–H groups in total. The number of carbonyl (C=O) groups is 2. The molecule has 2 atom stereocenters. The Hall–Kier alpha value is -1.10. The van der Waals surface area contributed by atoms with Crippen LogP contribution in [0.5, 0.6) is 0 Å². The number of nitrogens with one attached hydrogen (secondary N) is 1. The first-order valence-corrected chi connectivity index (χ1v) is 5.91. The lowest BCUT2D eigenvalue weighted by Crippen LogP contribution is -2.59. The van der Waals surface area contributed by atoms with Crippen LogP contribution in [0.2, 0.25) is 0 Å².